The van der Waals surface area contributed by atoms with E-state index in [9.17, 15) is 0 Å². The van der Waals surface area contributed by atoms with Crippen molar-refractivity contribution >= 4 is 60.9 Å². The number of ether oxygens (including phenoxy) is 1. The van der Waals surface area contributed by atoms with Crippen LogP contribution < -0.4 is 9.64 Å². The lowest BCUT2D eigenvalue weighted by Crippen LogP contribution is -2.11. The SMILES string of the molecule is c1ccc(N(c2cc(Oc3ccccn3)cc3c2oc2ccccc23)c2cc(-n3ccnc3)cc3c2oc2ccccc23)cc1. The molecule has 0 atom stereocenters. The number of anilines is 3. The van der Waals surface area contributed by atoms with Gasteiger partial charge in [0, 0.05) is 63.6 Å². The van der Waals surface area contributed by atoms with Gasteiger partial charge in [-0.3, -0.25) is 0 Å². The molecule has 9 rings (SSSR count). The van der Waals surface area contributed by atoms with E-state index in [0.29, 0.717) is 11.6 Å². The normalized spacial score (nSPS) is 11.6. The van der Waals surface area contributed by atoms with Crippen molar-refractivity contribution in [3.05, 3.63) is 146 Å². The van der Waals surface area contributed by atoms with E-state index in [-0.39, 0.29) is 0 Å². The smallest absolute Gasteiger partial charge is 0.219 e. The molecule has 0 radical (unpaired) electrons. The van der Waals surface area contributed by atoms with Gasteiger partial charge in [-0.15, -0.1) is 0 Å². The number of fused-ring (bicyclic) bond motifs is 6. The summed E-state index contributed by atoms with van der Waals surface area (Å²) in [6.45, 7) is 0. The van der Waals surface area contributed by atoms with Crippen molar-refractivity contribution in [1.82, 2.24) is 14.5 Å². The highest BCUT2D eigenvalue weighted by molar-refractivity contribution is 6.14. The number of imidazole rings is 1. The molecule has 0 saturated heterocycles. The molecule has 0 saturated carbocycles. The molecular formula is C38H24N4O3. The first kappa shape index (κ1) is 25.2. The van der Waals surface area contributed by atoms with Gasteiger partial charge >= 0.3 is 0 Å². The summed E-state index contributed by atoms with van der Waals surface area (Å²) in [5.41, 5.74) is 6.60. The van der Waals surface area contributed by atoms with Crippen LogP contribution in [0.3, 0.4) is 0 Å². The lowest BCUT2D eigenvalue weighted by atomic mass is 10.1. The van der Waals surface area contributed by atoms with Crippen LogP contribution in [0.5, 0.6) is 11.6 Å². The molecule has 0 amide bonds. The Morgan fingerprint density at radius 3 is 1.96 bits per heavy atom. The zero-order valence-electron chi connectivity index (χ0n) is 23.9. The lowest BCUT2D eigenvalue weighted by molar-refractivity contribution is 0.463. The molecule has 0 spiro atoms. The highest BCUT2D eigenvalue weighted by Crippen LogP contribution is 2.48. The number of aromatic nitrogens is 3. The summed E-state index contributed by atoms with van der Waals surface area (Å²) in [6.07, 6.45) is 7.25. The van der Waals surface area contributed by atoms with Crippen molar-refractivity contribution in [2.45, 2.75) is 0 Å². The Kier molecular flexibility index (Phi) is 5.67. The maximum Gasteiger partial charge on any atom is 0.219 e. The number of pyridine rings is 1. The van der Waals surface area contributed by atoms with Crippen LogP contribution in [-0.2, 0) is 0 Å². The average molecular weight is 585 g/mol. The van der Waals surface area contributed by atoms with Gasteiger partial charge in [0.05, 0.1) is 17.7 Å². The Balaban J connectivity index is 1.39. The fourth-order valence-corrected chi connectivity index (χ4v) is 6.04. The van der Waals surface area contributed by atoms with Gasteiger partial charge in [0.1, 0.15) is 16.9 Å². The second kappa shape index (κ2) is 10.1. The van der Waals surface area contributed by atoms with Crippen LogP contribution in [-0.4, -0.2) is 14.5 Å². The maximum atomic E-state index is 6.64. The van der Waals surface area contributed by atoms with E-state index in [4.69, 9.17) is 13.6 Å². The third-order valence-corrected chi connectivity index (χ3v) is 8.03. The van der Waals surface area contributed by atoms with E-state index in [1.54, 1.807) is 18.7 Å². The van der Waals surface area contributed by atoms with Gasteiger partial charge in [0.2, 0.25) is 5.88 Å². The fraction of sp³-hybridized carbons (Fsp3) is 0. The fourth-order valence-electron chi connectivity index (χ4n) is 6.04. The van der Waals surface area contributed by atoms with Gasteiger partial charge < -0.3 is 23.0 Å². The Morgan fingerprint density at radius 1 is 0.600 bits per heavy atom. The molecule has 0 fully saturated rings. The quantitative estimate of drug-likeness (QED) is 0.194. The number of para-hydroxylation sites is 3. The summed E-state index contributed by atoms with van der Waals surface area (Å²) >= 11 is 0. The molecule has 0 unspecified atom stereocenters. The topological polar surface area (TPSA) is 69.5 Å². The molecule has 214 valence electrons. The molecule has 7 heteroatoms. The van der Waals surface area contributed by atoms with Crippen molar-refractivity contribution < 1.29 is 13.6 Å². The van der Waals surface area contributed by atoms with Gasteiger partial charge in [-0.2, -0.15) is 0 Å². The van der Waals surface area contributed by atoms with Crippen LogP contribution in [0.4, 0.5) is 17.1 Å². The van der Waals surface area contributed by atoms with E-state index < -0.39 is 0 Å². The van der Waals surface area contributed by atoms with Crippen molar-refractivity contribution in [3.63, 3.8) is 0 Å². The van der Waals surface area contributed by atoms with E-state index in [1.165, 1.54) is 0 Å². The maximum absolute atomic E-state index is 6.64. The average Bonchev–Trinajstić information content (AvgIpc) is 3.84. The highest BCUT2D eigenvalue weighted by atomic mass is 16.5. The monoisotopic (exact) mass is 584 g/mol. The van der Waals surface area contributed by atoms with Gasteiger partial charge in [0.15, 0.2) is 11.2 Å². The predicted octanol–water partition coefficient (Wildman–Crippen LogP) is 10.3. The number of hydrogen-bond acceptors (Lipinski definition) is 6. The Hall–Kier alpha value is -6.34. The Bertz CT molecular complexity index is 2460. The van der Waals surface area contributed by atoms with Gasteiger partial charge in [-0.1, -0.05) is 60.7 Å². The molecule has 45 heavy (non-hydrogen) atoms. The minimum absolute atomic E-state index is 0.503. The molecular weight excluding hydrogens is 560 g/mol. The second-order valence-electron chi connectivity index (χ2n) is 10.8. The van der Waals surface area contributed by atoms with Crippen LogP contribution in [0.15, 0.2) is 155 Å². The minimum atomic E-state index is 0.503. The number of rotatable bonds is 6. The van der Waals surface area contributed by atoms with Gasteiger partial charge in [0.25, 0.3) is 0 Å². The van der Waals surface area contributed by atoms with Crippen LogP contribution in [0.25, 0.3) is 49.6 Å². The van der Waals surface area contributed by atoms with E-state index in [2.05, 4.69) is 51.3 Å². The summed E-state index contributed by atoms with van der Waals surface area (Å²) in [5, 5.41) is 3.95. The molecule has 7 nitrogen and oxygen atoms in total. The Morgan fingerprint density at radius 2 is 1.27 bits per heavy atom. The van der Waals surface area contributed by atoms with Crippen molar-refractivity contribution in [3.8, 4) is 17.3 Å². The van der Waals surface area contributed by atoms with Crippen molar-refractivity contribution in [1.29, 1.82) is 0 Å². The van der Waals surface area contributed by atoms with Crippen molar-refractivity contribution in [2.24, 2.45) is 0 Å². The molecule has 0 aliphatic carbocycles. The molecule has 4 aromatic heterocycles. The van der Waals surface area contributed by atoms with Crippen molar-refractivity contribution in [2.75, 3.05) is 4.90 Å². The van der Waals surface area contributed by atoms with E-state index >= 15 is 0 Å². The van der Waals surface area contributed by atoms with Crippen LogP contribution in [0.1, 0.15) is 0 Å². The summed E-state index contributed by atoms with van der Waals surface area (Å²) in [7, 11) is 0. The molecule has 4 heterocycles. The number of furan rings is 2. The zero-order chi connectivity index (χ0) is 29.7. The number of nitrogens with zero attached hydrogens (tertiary/aromatic N) is 4. The first-order chi connectivity index (χ1) is 22.3. The molecule has 0 bridgehead atoms. The first-order valence-corrected chi connectivity index (χ1v) is 14.6. The Labute approximate surface area is 257 Å². The third-order valence-electron chi connectivity index (χ3n) is 8.03. The van der Waals surface area contributed by atoms with Crippen LogP contribution in [0.2, 0.25) is 0 Å². The zero-order valence-corrected chi connectivity index (χ0v) is 23.9. The van der Waals surface area contributed by atoms with Gasteiger partial charge in [-0.05, 0) is 48.5 Å². The predicted molar refractivity (Wildman–Crippen MR) is 177 cm³/mol. The van der Waals surface area contributed by atoms with E-state index in [1.807, 2.05) is 95.7 Å². The van der Waals surface area contributed by atoms with Crippen LogP contribution in [0, 0.1) is 0 Å². The second-order valence-corrected chi connectivity index (χ2v) is 10.8. The van der Waals surface area contributed by atoms with E-state index in [0.717, 1.165) is 66.6 Å². The standard InChI is InChI=1S/C38H24N4O3/c1-2-10-25(11-3-1)42(32-21-26(41-19-18-39-24-41)20-30-28-12-4-6-14-34(28)44-37(30)32)33-23-27(43-36-16-8-9-17-40-36)22-31-29-13-5-7-15-35(29)45-38(31)33/h1-24H. The van der Waals surface area contributed by atoms with Crippen LogP contribution >= 0.6 is 0 Å². The summed E-state index contributed by atoms with van der Waals surface area (Å²) < 4.78 is 21.6. The number of hydrogen-bond donors (Lipinski definition) is 0. The lowest BCUT2D eigenvalue weighted by Gasteiger charge is -2.26. The first-order valence-electron chi connectivity index (χ1n) is 14.6. The summed E-state index contributed by atoms with van der Waals surface area (Å²) in [4.78, 5) is 10.9. The molecule has 0 aliphatic rings. The van der Waals surface area contributed by atoms with Gasteiger partial charge in [-0.25, -0.2) is 9.97 Å². The summed E-state index contributed by atoms with van der Waals surface area (Å²) in [6, 6.07) is 40.3. The minimum Gasteiger partial charge on any atom is -0.454 e. The molecule has 0 N–H and O–H groups in total. The molecule has 9 aromatic rings. The summed E-state index contributed by atoms with van der Waals surface area (Å²) in [5.74, 6) is 1.14. The molecule has 0 aliphatic heterocycles. The third kappa shape index (κ3) is 4.21. The molecule has 5 aromatic carbocycles. The number of benzene rings is 5. The highest BCUT2D eigenvalue weighted by Gasteiger charge is 2.25. The largest absolute Gasteiger partial charge is 0.454 e.